The van der Waals surface area contributed by atoms with Crippen LogP contribution in [0.4, 0.5) is 0 Å². The van der Waals surface area contributed by atoms with Gasteiger partial charge >= 0.3 is 0 Å². The number of piperazine rings is 1. The lowest BCUT2D eigenvalue weighted by atomic mass is 10.2. The van der Waals surface area contributed by atoms with Crippen LogP contribution in [0.25, 0.3) is 0 Å². The van der Waals surface area contributed by atoms with Crippen molar-refractivity contribution in [1.82, 2.24) is 15.5 Å². The molecule has 1 aliphatic carbocycles. The van der Waals surface area contributed by atoms with Gasteiger partial charge in [0.05, 0.1) is 6.04 Å². The van der Waals surface area contributed by atoms with Crippen molar-refractivity contribution < 1.29 is 4.79 Å². The predicted octanol–water partition coefficient (Wildman–Crippen LogP) is -0.441. The third-order valence-electron chi connectivity index (χ3n) is 2.86. The summed E-state index contributed by atoms with van der Waals surface area (Å²) in [6.07, 6.45) is 2.47. The summed E-state index contributed by atoms with van der Waals surface area (Å²) in [4.78, 5) is 13.9. The van der Waals surface area contributed by atoms with E-state index >= 15 is 0 Å². The molecule has 0 aromatic rings. The summed E-state index contributed by atoms with van der Waals surface area (Å²) in [6.45, 7) is 5.55. The average molecular weight is 197 g/mol. The van der Waals surface area contributed by atoms with Gasteiger partial charge in [-0.05, 0) is 19.8 Å². The third kappa shape index (κ3) is 2.45. The minimum Gasteiger partial charge on any atom is -0.339 e. The second kappa shape index (κ2) is 4.28. The van der Waals surface area contributed by atoms with Crippen LogP contribution in [-0.4, -0.2) is 49.1 Å². The third-order valence-corrected chi connectivity index (χ3v) is 2.86. The van der Waals surface area contributed by atoms with Gasteiger partial charge in [-0.2, -0.15) is 0 Å². The van der Waals surface area contributed by atoms with Gasteiger partial charge in [-0.1, -0.05) is 0 Å². The van der Waals surface area contributed by atoms with Crippen LogP contribution < -0.4 is 10.6 Å². The first kappa shape index (κ1) is 9.93. The van der Waals surface area contributed by atoms with E-state index in [4.69, 9.17) is 0 Å². The Morgan fingerprint density at radius 3 is 2.64 bits per heavy atom. The molecule has 1 atom stereocenters. The van der Waals surface area contributed by atoms with Crippen LogP contribution in [-0.2, 0) is 4.79 Å². The van der Waals surface area contributed by atoms with E-state index in [1.54, 1.807) is 0 Å². The summed E-state index contributed by atoms with van der Waals surface area (Å²) in [5.74, 6) is 0.262. The van der Waals surface area contributed by atoms with Crippen molar-refractivity contribution in [2.45, 2.75) is 31.8 Å². The maximum Gasteiger partial charge on any atom is 0.239 e. The molecule has 1 unspecified atom stereocenters. The number of rotatable bonds is 3. The van der Waals surface area contributed by atoms with Gasteiger partial charge in [0, 0.05) is 32.2 Å². The fourth-order valence-electron chi connectivity index (χ4n) is 1.83. The molecule has 4 nitrogen and oxygen atoms in total. The lowest BCUT2D eigenvalue weighted by Gasteiger charge is -2.30. The second-order valence-corrected chi connectivity index (χ2v) is 4.24. The van der Waals surface area contributed by atoms with Crippen molar-refractivity contribution in [2.75, 3.05) is 26.2 Å². The van der Waals surface area contributed by atoms with Gasteiger partial charge in [0.25, 0.3) is 0 Å². The molecule has 1 saturated carbocycles. The molecule has 2 rings (SSSR count). The van der Waals surface area contributed by atoms with Crippen LogP contribution in [0.5, 0.6) is 0 Å². The monoisotopic (exact) mass is 197 g/mol. The second-order valence-electron chi connectivity index (χ2n) is 4.24. The molecule has 0 aromatic carbocycles. The Morgan fingerprint density at radius 1 is 1.43 bits per heavy atom. The number of carbonyl (C=O) groups is 1. The van der Waals surface area contributed by atoms with Crippen molar-refractivity contribution >= 4 is 5.91 Å². The molecule has 1 aliphatic heterocycles. The van der Waals surface area contributed by atoms with E-state index in [0.29, 0.717) is 6.04 Å². The molecular formula is C10H19N3O. The largest absolute Gasteiger partial charge is 0.339 e. The van der Waals surface area contributed by atoms with Gasteiger partial charge in [0.15, 0.2) is 0 Å². The van der Waals surface area contributed by atoms with E-state index in [2.05, 4.69) is 10.6 Å². The molecule has 0 aromatic heterocycles. The number of nitrogens with one attached hydrogen (secondary N) is 2. The van der Waals surface area contributed by atoms with Crippen molar-refractivity contribution in [3.8, 4) is 0 Å². The molecule has 80 valence electrons. The smallest absolute Gasteiger partial charge is 0.239 e. The molecular weight excluding hydrogens is 178 g/mol. The van der Waals surface area contributed by atoms with Crippen LogP contribution in [0.2, 0.25) is 0 Å². The summed E-state index contributed by atoms with van der Waals surface area (Å²) in [5, 5.41) is 6.59. The molecule has 1 saturated heterocycles. The number of hydrogen-bond donors (Lipinski definition) is 2. The number of amides is 1. The average Bonchev–Trinajstić information content (AvgIpc) is 3.02. The van der Waals surface area contributed by atoms with E-state index in [0.717, 1.165) is 26.2 Å². The fourth-order valence-corrected chi connectivity index (χ4v) is 1.83. The van der Waals surface area contributed by atoms with Crippen molar-refractivity contribution in [1.29, 1.82) is 0 Å². The van der Waals surface area contributed by atoms with Crippen LogP contribution in [0.15, 0.2) is 0 Å². The Morgan fingerprint density at radius 2 is 2.07 bits per heavy atom. The van der Waals surface area contributed by atoms with Crippen LogP contribution >= 0.6 is 0 Å². The molecule has 0 radical (unpaired) electrons. The lowest BCUT2D eigenvalue weighted by molar-refractivity contribution is -0.133. The molecule has 4 heteroatoms. The van der Waals surface area contributed by atoms with Crippen LogP contribution in [0, 0.1) is 0 Å². The van der Waals surface area contributed by atoms with Gasteiger partial charge in [-0.25, -0.2) is 0 Å². The van der Waals surface area contributed by atoms with Crippen LogP contribution in [0.1, 0.15) is 19.8 Å². The summed E-state index contributed by atoms with van der Waals surface area (Å²) < 4.78 is 0. The molecule has 2 fully saturated rings. The maximum absolute atomic E-state index is 11.9. The van der Waals surface area contributed by atoms with Crippen molar-refractivity contribution in [3.63, 3.8) is 0 Å². The fraction of sp³-hybridized carbons (Fsp3) is 0.900. The van der Waals surface area contributed by atoms with Gasteiger partial charge < -0.3 is 15.5 Å². The Kier molecular flexibility index (Phi) is 3.03. The molecule has 1 heterocycles. The zero-order valence-electron chi connectivity index (χ0n) is 8.75. The summed E-state index contributed by atoms with van der Waals surface area (Å²) in [6, 6.07) is 0.609. The lowest BCUT2D eigenvalue weighted by Crippen LogP contribution is -2.52. The number of carbonyl (C=O) groups excluding carboxylic acids is 1. The van der Waals surface area contributed by atoms with Gasteiger partial charge in [-0.3, -0.25) is 4.79 Å². The molecule has 1 amide bonds. The predicted molar refractivity (Wildman–Crippen MR) is 55.1 cm³/mol. The number of nitrogens with zero attached hydrogens (tertiary/aromatic N) is 1. The zero-order chi connectivity index (χ0) is 9.97. The first-order valence-electron chi connectivity index (χ1n) is 5.53. The quantitative estimate of drug-likeness (QED) is 0.644. The van der Waals surface area contributed by atoms with Gasteiger partial charge in [0.1, 0.15) is 0 Å². The van der Waals surface area contributed by atoms with Gasteiger partial charge in [-0.15, -0.1) is 0 Å². The highest BCUT2D eigenvalue weighted by atomic mass is 16.2. The van der Waals surface area contributed by atoms with E-state index in [1.165, 1.54) is 12.8 Å². The molecule has 0 spiro atoms. The minimum absolute atomic E-state index is 0.000556. The highest BCUT2D eigenvalue weighted by Gasteiger charge is 2.28. The van der Waals surface area contributed by atoms with E-state index in [1.807, 2.05) is 11.8 Å². The molecule has 0 bridgehead atoms. The molecule has 2 N–H and O–H groups in total. The molecule has 2 aliphatic rings. The highest BCUT2D eigenvalue weighted by Crippen LogP contribution is 2.19. The van der Waals surface area contributed by atoms with E-state index < -0.39 is 0 Å². The summed E-state index contributed by atoms with van der Waals surface area (Å²) >= 11 is 0. The number of hydrogen-bond acceptors (Lipinski definition) is 3. The van der Waals surface area contributed by atoms with E-state index in [9.17, 15) is 4.79 Å². The summed E-state index contributed by atoms with van der Waals surface area (Å²) in [5.41, 5.74) is 0. The highest BCUT2D eigenvalue weighted by molar-refractivity contribution is 5.81. The maximum atomic E-state index is 11.9. The Balaban J connectivity index is 1.79. The molecule has 14 heavy (non-hydrogen) atoms. The Bertz CT molecular complexity index is 209. The topological polar surface area (TPSA) is 44.4 Å². The van der Waals surface area contributed by atoms with Crippen LogP contribution in [0.3, 0.4) is 0 Å². The minimum atomic E-state index is 0.000556. The summed E-state index contributed by atoms with van der Waals surface area (Å²) in [7, 11) is 0. The van der Waals surface area contributed by atoms with Gasteiger partial charge in [0.2, 0.25) is 5.91 Å². The Labute approximate surface area is 85.0 Å². The van der Waals surface area contributed by atoms with Crippen molar-refractivity contribution in [2.24, 2.45) is 0 Å². The Hall–Kier alpha value is -0.610. The normalized spacial score (nSPS) is 24.8. The van der Waals surface area contributed by atoms with E-state index in [-0.39, 0.29) is 11.9 Å². The SMILES string of the molecule is CC(NC1CC1)C(=O)N1CCNCC1. The zero-order valence-corrected chi connectivity index (χ0v) is 8.75. The van der Waals surface area contributed by atoms with Crippen molar-refractivity contribution in [3.05, 3.63) is 0 Å². The standard InChI is InChI=1S/C10H19N3O/c1-8(12-9-2-3-9)10(14)13-6-4-11-5-7-13/h8-9,11-12H,2-7H2,1H3. The first-order chi connectivity index (χ1) is 6.77. The first-order valence-corrected chi connectivity index (χ1v) is 5.53.